The van der Waals surface area contributed by atoms with Crippen molar-refractivity contribution in [2.24, 2.45) is 12.8 Å². The molecule has 0 saturated heterocycles. The summed E-state index contributed by atoms with van der Waals surface area (Å²) < 4.78 is 1.45. The van der Waals surface area contributed by atoms with Gasteiger partial charge in [-0.2, -0.15) is 0 Å². The highest BCUT2D eigenvalue weighted by atomic mass is 35.5. The minimum absolute atomic E-state index is 0.000569. The highest BCUT2D eigenvalue weighted by Gasteiger charge is 2.16. The molecule has 1 unspecified atom stereocenters. The van der Waals surface area contributed by atoms with Crippen LogP contribution in [-0.4, -0.2) is 21.7 Å². The molecule has 100 valence electrons. The van der Waals surface area contributed by atoms with Crippen LogP contribution in [0.25, 0.3) is 10.9 Å². The first-order chi connectivity index (χ1) is 8.90. The molecule has 0 amide bonds. The fourth-order valence-corrected chi connectivity index (χ4v) is 2.14. The number of benzene rings is 1. The number of aromatic nitrogens is 1. The molecule has 1 atom stereocenters. The van der Waals surface area contributed by atoms with Crippen molar-refractivity contribution in [1.29, 1.82) is 0 Å². The zero-order valence-electron chi connectivity index (χ0n) is 10.3. The number of nitrogens with two attached hydrogens (primary N) is 1. The van der Waals surface area contributed by atoms with Crippen LogP contribution in [0.5, 0.6) is 0 Å². The summed E-state index contributed by atoms with van der Waals surface area (Å²) in [7, 11) is 1.62. The molecule has 3 N–H and O–H groups in total. The molecule has 19 heavy (non-hydrogen) atoms. The molecule has 0 aliphatic heterocycles. The van der Waals surface area contributed by atoms with Gasteiger partial charge in [0.05, 0.1) is 5.52 Å². The van der Waals surface area contributed by atoms with E-state index in [2.05, 4.69) is 0 Å². The van der Waals surface area contributed by atoms with Crippen LogP contribution in [-0.2, 0) is 18.3 Å². The van der Waals surface area contributed by atoms with Gasteiger partial charge < -0.3 is 15.4 Å². The van der Waals surface area contributed by atoms with Gasteiger partial charge in [-0.05, 0) is 23.6 Å². The molecule has 2 aromatic rings. The quantitative estimate of drug-likeness (QED) is 0.883. The van der Waals surface area contributed by atoms with Gasteiger partial charge in [0, 0.05) is 24.1 Å². The second kappa shape index (κ2) is 5.03. The molecule has 0 fully saturated rings. The summed E-state index contributed by atoms with van der Waals surface area (Å²) >= 11 is 5.90. The van der Waals surface area contributed by atoms with Crippen LogP contribution in [0.3, 0.4) is 0 Å². The molecule has 6 heteroatoms. The van der Waals surface area contributed by atoms with E-state index in [-0.39, 0.29) is 12.0 Å². The molecule has 0 radical (unpaired) electrons. The van der Waals surface area contributed by atoms with Crippen LogP contribution >= 0.6 is 11.6 Å². The van der Waals surface area contributed by atoms with E-state index in [1.54, 1.807) is 31.3 Å². The average Bonchev–Trinajstić information content (AvgIpc) is 2.36. The number of halogens is 1. The minimum atomic E-state index is -1.13. The first-order valence-electron chi connectivity index (χ1n) is 5.66. The van der Waals surface area contributed by atoms with Crippen molar-refractivity contribution in [2.45, 2.75) is 12.5 Å². The van der Waals surface area contributed by atoms with E-state index in [1.807, 2.05) is 0 Å². The van der Waals surface area contributed by atoms with Gasteiger partial charge in [-0.1, -0.05) is 17.7 Å². The van der Waals surface area contributed by atoms with Crippen LogP contribution in [0.2, 0.25) is 5.02 Å². The Kier molecular flexibility index (Phi) is 3.59. The second-order valence-corrected chi connectivity index (χ2v) is 4.82. The van der Waals surface area contributed by atoms with E-state index in [0.717, 1.165) is 5.39 Å². The third-order valence-electron chi connectivity index (χ3n) is 3.02. The lowest BCUT2D eigenvalue weighted by Gasteiger charge is -2.11. The Morgan fingerprint density at radius 3 is 2.79 bits per heavy atom. The van der Waals surface area contributed by atoms with Crippen molar-refractivity contribution >= 4 is 28.5 Å². The molecule has 1 aromatic carbocycles. The Labute approximate surface area is 114 Å². The highest BCUT2D eigenvalue weighted by molar-refractivity contribution is 6.31. The lowest BCUT2D eigenvalue weighted by molar-refractivity contribution is -0.138. The van der Waals surface area contributed by atoms with Crippen LogP contribution < -0.4 is 11.3 Å². The standard InChI is InChI=1S/C13H13ClN2O3/c1-16-11-6-9(14)3-2-7(11)4-8(12(16)17)5-10(15)13(18)19/h2-4,6,10H,5,15H2,1H3,(H,18,19). The van der Waals surface area contributed by atoms with Crippen LogP contribution in [0, 0.1) is 0 Å². The predicted octanol–water partition coefficient (Wildman–Crippen LogP) is 1.15. The summed E-state index contributed by atoms with van der Waals surface area (Å²) in [5, 5.41) is 10.2. The van der Waals surface area contributed by atoms with Crippen molar-refractivity contribution in [2.75, 3.05) is 0 Å². The summed E-state index contributed by atoms with van der Waals surface area (Å²) in [4.78, 5) is 22.9. The Balaban J connectivity index is 2.58. The van der Waals surface area contributed by atoms with Gasteiger partial charge in [0.15, 0.2) is 0 Å². The molecule has 0 saturated carbocycles. The summed E-state index contributed by atoms with van der Waals surface area (Å²) in [5.41, 5.74) is 6.29. The second-order valence-electron chi connectivity index (χ2n) is 4.39. The number of aryl methyl sites for hydroxylation is 1. The number of carbonyl (C=O) groups is 1. The molecular weight excluding hydrogens is 268 g/mol. The van der Waals surface area contributed by atoms with E-state index >= 15 is 0 Å². The number of hydrogen-bond donors (Lipinski definition) is 2. The third-order valence-corrected chi connectivity index (χ3v) is 3.26. The minimum Gasteiger partial charge on any atom is -0.480 e. The van der Waals surface area contributed by atoms with Crippen LogP contribution in [0.4, 0.5) is 0 Å². The molecular formula is C13H13ClN2O3. The first kappa shape index (κ1) is 13.6. The number of fused-ring (bicyclic) bond motifs is 1. The molecule has 0 bridgehead atoms. The normalized spacial score (nSPS) is 12.6. The van der Waals surface area contributed by atoms with Crippen LogP contribution in [0.1, 0.15) is 5.56 Å². The highest BCUT2D eigenvalue weighted by Crippen LogP contribution is 2.18. The van der Waals surface area contributed by atoms with E-state index in [1.165, 1.54) is 4.57 Å². The van der Waals surface area contributed by atoms with Gasteiger partial charge >= 0.3 is 5.97 Å². The van der Waals surface area contributed by atoms with Gasteiger partial charge in [-0.15, -0.1) is 0 Å². The Morgan fingerprint density at radius 1 is 1.47 bits per heavy atom. The van der Waals surface area contributed by atoms with Gasteiger partial charge in [-0.3, -0.25) is 9.59 Å². The maximum Gasteiger partial charge on any atom is 0.320 e. The fourth-order valence-electron chi connectivity index (χ4n) is 1.97. The summed E-state index contributed by atoms with van der Waals surface area (Å²) in [6, 6.07) is 5.77. The number of nitrogens with zero attached hydrogens (tertiary/aromatic N) is 1. The van der Waals surface area contributed by atoms with Crippen molar-refractivity contribution in [3.8, 4) is 0 Å². The lowest BCUT2D eigenvalue weighted by Crippen LogP contribution is -2.35. The number of aliphatic carboxylic acids is 1. The number of pyridine rings is 1. The summed E-state index contributed by atoms with van der Waals surface area (Å²) in [6.07, 6.45) is 0.000569. The largest absolute Gasteiger partial charge is 0.480 e. The van der Waals surface area contributed by atoms with E-state index in [0.29, 0.717) is 16.1 Å². The van der Waals surface area contributed by atoms with Crippen molar-refractivity contribution in [3.63, 3.8) is 0 Å². The topological polar surface area (TPSA) is 85.3 Å². The molecule has 0 spiro atoms. The van der Waals surface area contributed by atoms with Crippen molar-refractivity contribution in [1.82, 2.24) is 4.57 Å². The number of hydrogen-bond acceptors (Lipinski definition) is 3. The van der Waals surface area contributed by atoms with E-state index in [4.69, 9.17) is 22.4 Å². The smallest absolute Gasteiger partial charge is 0.320 e. The van der Waals surface area contributed by atoms with Crippen molar-refractivity contribution < 1.29 is 9.90 Å². The zero-order chi connectivity index (χ0) is 14.2. The predicted molar refractivity (Wildman–Crippen MR) is 73.5 cm³/mol. The molecule has 0 aliphatic rings. The monoisotopic (exact) mass is 280 g/mol. The summed E-state index contributed by atoms with van der Waals surface area (Å²) in [6.45, 7) is 0. The Morgan fingerprint density at radius 2 is 2.16 bits per heavy atom. The average molecular weight is 281 g/mol. The van der Waals surface area contributed by atoms with E-state index < -0.39 is 12.0 Å². The molecule has 5 nitrogen and oxygen atoms in total. The molecule has 2 rings (SSSR count). The Bertz CT molecular complexity index is 709. The Hall–Kier alpha value is -1.85. The maximum atomic E-state index is 12.1. The van der Waals surface area contributed by atoms with Gasteiger partial charge in [0.2, 0.25) is 0 Å². The van der Waals surface area contributed by atoms with Crippen LogP contribution in [0.15, 0.2) is 29.1 Å². The zero-order valence-corrected chi connectivity index (χ0v) is 11.0. The van der Waals surface area contributed by atoms with E-state index in [9.17, 15) is 9.59 Å². The van der Waals surface area contributed by atoms with Gasteiger partial charge in [0.25, 0.3) is 5.56 Å². The van der Waals surface area contributed by atoms with Gasteiger partial charge in [-0.25, -0.2) is 0 Å². The number of carboxylic acids is 1. The number of rotatable bonds is 3. The number of carboxylic acid groups (broad SMARTS) is 1. The molecule has 0 aliphatic carbocycles. The lowest BCUT2D eigenvalue weighted by atomic mass is 10.1. The SMILES string of the molecule is Cn1c(=O)c(CC(N)C(=O)O)cc2ccc(Cl)cc21. The maximum absolute atomic E-state index is 12.1. The third kappa shape index (κ3) is 2.62. The first-order valence-corrected chi connectivity index (χ1v) is 6.04. The molecule has 1 aromatic heterocycles. The van der Waals surface area contributed by atoms with Crippen molar-refractivity contribution in [3.05, 3.63) is 45.2 Å². The summed E-state index contributed by atoms with van der Waals surface area (Å²) in [5.74, 6) is -1.13. The fraction of sp³-hybridized carbons (Fsp3) is 0.231. The molecule has 1 heterocycles. The van der Waals surface area contributed by atoms with Gasteiger partial charge in [0.1, 0.15) is 6.04 Å².